The first kappa shape index (κ1) is 20.8. The molecular weight excluding hydrogens is 435 g/mol. The third kappa shape index (κ3) is 4.23. The standard InChI is InChI=1S/C19H24ClFN4O2S2/c20-16-14(23-13-19-7-1-3-10-25(19)11-4-2-8-19)5-6-15(17(16)21)29(26,27)24-18-22-9-12-28-18/h5-6,9,12,23H,1-4,7-8,10-11,13H2,(H,22,24). The molecule has 158 valence electrons. The van der Waals surface area contributed by atoms with E-state index in [0.717, 1.165) is 37.3 Å². The summed E-state index contributed by atoms with van der Waals surface area (Å²) in [7, 11) is -4.11. The Morgan fingerprint density at radius 3 is 2.59 bits per heavy atom. The average Bonchev–Trinajstić information content (AvgIpc) is 3.21. The van der Waals surface area contributed by atoms with E-state index in [2.05, 4.69) is 19.9 Å². The van der Waals surface area contributed by atoms with Gasteiger partial charge < -0.3 is 5.32 Å². The minimum Gasteiger partial charge on any atom is -0.382 e. The molecule has 2 aromatic rings. The van der Waals surface area contributed by atoms with Gasteiger partial charge in [-0.25, -0.2) is 17.8 Å². The number of thiazole rings is 1. The molecule has 0 aliphatic carbocycles. The summed E-state index contributed by atoms with van der Waals surface area (Å²) in [5, 5.41) is 4.90. The van der Waals surface area contributed by atoms with Gasteiger partial charge in [-0.3, -0.25) is 9.62 Å². The lowest BCUT2D eigenvalue weighted by atomic mass is 9.79. The normalized spacial score (nSPS) is 19.5. The molecule has 0 spiro atoms. The third-order valence-corrected chi connectivity index (χ3v) is 8.45. The molecule has 1 aromatic carbocycles. The van der Waals surface area contributed by atoms with Crippen molar-refractivity contribution in [3.05, 3.63) is 34.5 Å². The fourth-order valence-electron chi connectivity index (χ4n) is 4.41. The molecule has 0 amide bonds. The summed E-state index contributed by atoms with van der Waals surface area (Å²) in [5.74, 6) is -0.956. The maximum absolute atomic E-state index is 14.9. The van der Waals surface area contributed by atoms with Crippen LogP contribution in [0.5, 0.6) is 0 Å². The van der Waals surface area contributed by atoms with E-state index >= 15 is 0 Å². The molecular formula is C19H24ClFN4O2S2. The first-order valence-corrected chi connectivity index (χ1v) is 12.5. The molecule has 0 radical (unpaired) electrons. The van der Waals surface area contributed by atoms with Gasteiger partial charge in [0.1, 0.15) is 9.92 Å². The Hall–Kier alpha value is -1.42. The number of halogens is 2. The van der Waals surface area contributed by atoms with Gasteiger partial charge in [-0.15, -0.1) is 11.3 Å². The SMILES string of the molecule is O=S(=O)(Nc1nccs1)c1ccc(NCC23CCCCN2CCCC3)c(Cl)c1F. The van der Waals surface area contributed by atoms with E-state index in [4.69, 9.17) is 11.6 Å². The predicted octanol–water partition coefficient (Wildman–Crippen LogP) is 4.56. The fraction of sp³-hybridized carbons (Fsp3) is 0.526. The molecule has 2 aliphatic heterocycles. The van der Waals surface area contributed by atoms with Gasteiger partial charge in [-0.1, -0.05) is 24.4 Å². The number of piperidine rings is 2. The number of nitrogens with one attached hydrogen (secondary N) is 2. The molecule has 10 heteroatoms. The summed E-state index contributed by atoms with van der Waals surface area (Å²) in [6.45, 7) is 2.88. The molecule has 0 bridgehead atoms. The van der Waals surface area contributed by atoms with Crippen LogP contribution < -0.4 is 10.0 Å². The maximum atomic E-state index is 14.9. The Labute approximate surface area is 179 Å². The molecule has 2 fully saturated rings. The first-order valence-electron chi connectivity index (χ1n) is 9.81. The number of nitrogens with zero attached hydrogens (tertiary/aromatic N) is 2. The number of rotatable bonds is 6. The van der Waals surface area contributed by atoms with Crippen molar-refractivity contribution in [1.82, 2.24) is 9.88 Å². The zero-order valence-electron chi connectivity index (χ0n) is 16.0. The highest BCUT2D eigenvalue weighted by Crippen LogP contribution is 2.38. The first-order chi connectivity index (χ1) is 13.9. The highest BCUT2D eigenvalue weighted by Gasteiger charge is 2.40. The van der Waals surface area contributed by atoms with Crippen molar-refractivity contribution >= 4 is 43.8 Å². The average molecular weight is 459 g/mol. The Morgan fingerprint density at radius 2 is 1.93 bits per heavy atom. The van der Waals surface area contributed by atoms with Gasteiger partial charge in [-0.05, 0) is 50.9 Å². The Morgan fingerprint density at radius 1 is 1.21 bits per heavy atom. The molecule has 3 heterocycles. The number of aromatic nitrogens is 1. The van der Waals surface area contributed by atoms with Crippen LogP contribution in [0.4, 0.5) is 15.2 Å². The van der Waals surface area contributed by atoms with Crippen molar-refractivity contribution in [1.29, 1.82) is 0 Å². The van der Waals surface area contributed by atoms with Crippen LogP contribution in [-0.2, 0) is 10.0 Å². The van der Waals surface area contributed by atoms with Crippen LogP contribution in [0, 0.1) is 5.82 Å². The van der Waals surface area contributed by atoms with E-state index in [9.17, 15) is 12.8 Å². The molecule has 0 atom stereocenters. The smallest absolute Gasteiger partial charge is 0.266 e. The van der Waals surface area contributed by atoms with E-state index in [1.807, 2.05) is 0 Å². The van der Waals surface area contributed by atoms with E-state index < -0.39 is 20.7 Å². The zero-order chi connectivity index (χ0) is 20.5. The maximum Gasteiger partial charge on any atom is 0.266 e. The second kappa shape index (κ2) is 8.37. The van der Waals surface area contributed by atoms with Crippen LogP contribution in [0.25, 0.3) is 0 Å². The van der Waals surface area contributed by atoms with Crippen LogP contribution in [-0.4, -0.2) is 43.5 Å². The van der Waals surface area contributed by atoms with Crippen LogP contribution in [0.1, 0.15) is 38.5 Å². The summed E-state index contributed by atoms with van der Waals surface area (Å²) in [5.41, 5.74) is 0.496. The van der Waals surface area contributed by atoms with Gasteiger partial charge in [0.15, 0.2) is 10.9 Å². The highest BCUT2D eigenvalue weighted by atomic mass is 35.5. The summed E-state index contributed by atoms with van der Waals surface area (Å²) in [4.78, 5) is 5.93. The van der Waals surface area contributed by atoms with Crippen molar-refractivity contribution in [2.24, 2.45) is 0 Å². The molecule has 29 heavy (non-hydrogen) atoms. The number of hydrogen-bond donors (Lipinski definition) is 2. The molecule has 2 saturated heterocycles. The van der Waals surface area contributed by atoms with Crippen molar-refractivity contribution in [2.75, 3.05) is 29.7 Å². The lowest BCUT2D eigenvalue weighted by Gasteiger charge is -2.50. The highest BCUT2D eigenvalue weighted by molar-refractivity contribution is 7.93. The van der Waals surface area contributed by atoms with E-state index in [1.54, 1.807) is 5.38 Å². The minimum atomic E-state index is -4.11. The Kier molecular flexibility index (Phi) is 6.02. The largest absolute Gasteiger partial charge is 0.382 e. The van der Waals surface area contributed by atoms with E-state index in [0.29, 0.717) is 12.2 Å². The fourth-order valence-corrected chi connectivity index (χ4v) is 6.57. The van der Waals surface area contributed by atoms with E-state index in [-0.39, 0.29) is 15.7 Å². The minimum absolute atomic E-state index is 0.0768. The number of anilines is 2. The van der Waals surface area contributed by atoms with Crippen LogP contribution in [0.15, 0.2) is 28.6 Å². The molecule has 6 nitrogen and oxygen atoms in total. The quantitative estimate of drug-likeness (QED) is 0.663. The molecule has 1 aromatic heterocycles. The van der Waals surface area contributed by atoms with Crippen LogP contribution in [0.2, 0.25) is 5.02 Å². The van der Waals surface area contributed by atoms with Crippen LogP contribution >= 0.6 is 22.9 Å². The third-order valence-electron chi connectivity index (χ3n) is 5.91. The number of benzene rings is 1. The van der Waals surface area contributed by atoms with Gasteiger partial charge in [0.05, 0.1) is 5.69 Å². The summed E-state index contributed by atoms with van der Waals surface area (Å²) in [6, 6.07) is 2.78. The van der Waals surface area contributed by atoms with Crippen molar-refractivity contribution in [3.63, 3.8) is 0 Å². The predicted molar refractivity (Wildman–Crippen MR) is 115 cm³/mol. The lowest BCUT2D eigenvalue weighted by molar-refractivity contribution is 0.0219. The van der Waals surface area contributed by atoms with Crippen molar-refractivity contribution in [2.45, 2.75) is 49.0 Å². The summed E-state index contributed by atoms with van der Waals surface area (Å²) in [6.07, 6.45) is 8.53. The lowest BCUT2D eigenvalue weighted by Crippen LogP contribution is -2.58. The molecule has 0 saturated carbocycles. The Bertz CT molecular complexity index is 957. The molecule has 2 N–H and O–H groups in total. The van der Waals surface area contributed by atoms with E-state index in [1.165, 1.54) is 44.0 Å². The second-order valence-corrected chi connectivity index (χ2v) is 10.6. The van der Waals surface area contributed by atoms with Crippen molar-refractivity contribution < 1.29 is 12.8 Å². The van der Waals surface area contributed by atoms with Gasteiger partial charge >= 0.3 is 0 Å². The number of sulfonamides is 1. The topological polar surface area (TPSA) is 74.3 Å². The number of hydrogen-bond acceptors (Lipinski definition) is 6. The monoisotopic (exact) mass is 458 g/mol. The molecule has 2 aliphatic rings. The molecule has 4 rings (SSSR count). The van der Waals surface area contributed by atoms with Gasteiger partial charge in [0, 0.05) is 23.7 Å². The van der Waals surface area contributed by atoms with Crippen LogP contribution in [0.3, 0.4) is 0 Å². The van der Waals surface area contributed by atoms with Gasteiger partial charge in [0.2, 0.25) is 0 Å². The second-order valence-electron chi connectivity index (χ2n) is 7.66. The molecule has 0 unspecified atom stereocenters. The van der Waals surface area contributed by atoms with Gasteiger partial charge in [0.25, 0.3) is 10.0 Å². The summed E-state index contributed by atoms with van der Waals surface area (Å²) >= 11 is 7.34. The Balaban J connectivity index is 1.53. The zero-order valence-corrected chi connectivity index (χ0v) is 18.3. The number of fused-ring (bicyclic) bond motifs is 1. The van der Waals surface area contributed by atoms with Crippen molar-refractivity contribution in [3.8, 4) is 0 Å². The van der Waals surface area contributed by atoms with Gasteiger partial charge in [-0.2, -0.15) is 0 Å². The summed E-state index contributed by atoms with van der Waals surface area (Å²) < 4.78 is 42.2.